The first kappa shape index (κ1) is 9.09. The minimum Gasteiger partial charge on any atom is -0.437 e. The van der Waals surface area contributed by atoms with Crippen LogP contribution in [0.15, 0.2) is 4.42 Å². The summed E-state index contributed by atoms with van der Waals surface area (Å²) in [7, 11) is 0. The average molecular weight is 206 g/mol. The van der Waals surface area contributed by atoms with Gasteiger partial charge in [0.2, 0.25) is 0 Å². The van der Waals surface area contributed by atoms with Crippen LogP contribution in [0, 0.1) is 5.92 Å². The monoisotopic (exact) mass is 206 g/mol. The van der Waals surface area contributed by atoms with Crippen molar-refractivity contribution in [1.82, 2.24) is 4.98 Å². The summed E-state index contributed by atoms with van der Waals surface area (Å²) >= 11 is 0. The van der Waals surface area contributed by atoms with Crippen molar-refractivity contribution in [3.63, 3.8) is 0 Å². The first-order chi connectivity index (χ1) is 7.28. The summed E-state index contributed by atoms with van der Waals surface area (Å²) in [5.74, 6) is 2.07. The molecule has 3 rings (SSSR count). The van der Waals surface area contributed by atoms with Crippen molar-refractivity contribution in [3.8, 4) is 0 Å². The van der Waals surface area contributed by atoms with Gasteiger partial charge in [0, 0.05) is 12.3 Å². The molecule has 0 spiro atoms. The van der Waals surface area contributed by atoms with E-state index in [-0.39, 0.29) is 11.7 Å². The molecular weight excluding hydrogens is 192 g/mol. The van der Waals surface area contributed by atoms with Crippen molar-refractivity contribution >= 4 is 5.78 Å². The molecule has 0 bridgehead atoms. The lowest BCUT2D eigenvalue weighted by molar-refractivity contribution is 0.0919. The summed E-state index contributed by atoms with van der Waals surface area (Å²) in [6.07, 6.45) is 3.61. The maximum absolute atomic E-state index is 11.7. The molecule has 2 aliphatic rings. The molecule has 1 unspecified atom stereocenters. The van der Waals surface area contributed by atoms with Gasteiger partial charge >= 0.3 is 0 Å². The highest BCUT2D eigenvalue weighted by molar-refractivity contribution is 5.95. The van der Waals surface area contributed by atoms with E-state index >= 15 is 0 Å². The number of hydrogen-bond acceptors (Lipinski definition) is 4. The van der Waals surface area contributed by atoms with Gasteiger partial charge in [-0.15, -0.1) is 0 Å². The van der Waals surface area contributed by atoms with Crippen LogP contribution in [0.25, 0.3) is 0 Å². The summed E-state index contributed by atoms with van der Waals surface area (Å²) in [5.41, 5.74) is 6.43. The zero-order valence-electron chi connectivity index (χ0n) is 8.53. The zero-order valence-corrected chi connectivity index (χ0v) is 8.53. The van der Waals surface area contributed by atoms with Crippen LogP contribution in [0.4, 0.5) is 0 Å². The lowest BCUT2D eigenvalue weighted by Crippen LogP contribution is -2.25. The van der Waals surface area contributed by atoms with Crippen molar-refractivity contribution in [2.24, 2.45) is 11.7 Å². The van der Waals surface area contributed by atoms with Crippen molar-refractivity contribution in [3.05, 3.63) is 17.3 Å². The second-order valence-electron chi connectivity index (χ2n) is 4.54. The SMILES string of the molecule is NCC1CC(=O)c2oc(C3CC3)nc2C1. The van der Waals surface area contributed by atoms with Crippen LogP contribution in [-0.2, 0) is 6.42 Å². The van der Waals surface area contributed by atoms with Gasteiger partial charge < -0.3 is 10.2 Å². The Balaban J connectivity index is 1.94. The molecule has 1 heterocycles. The van der Waals surface area contributed by atoms with Crippen LogP contribution in [0.1, 0.15) is 47.3 Å². The second kappa shape index (κ2) is 3.17. The van der Waals surface area contributed by atoms with E-state index in [0.29, 0.717) is 24.6 Å². The van der Waals surface area contributed by atoms with E-state index in [2.05, 4.69) is 4.98 Å². The number of oxazole rings is 1. The maximum Gasteiger partial charge on any atom is 0.200 e. The number of carbonyl (C=O) groups is 1. The fourth-order valence-corrected chi connectivity index (χ4v) is 2.10. The lowest BCUT2D eigenvalue weighted by Gasteiger charge is -2.16. The molecule has 1 fully saturated rings. The van der Waals surface area contributed by atoms with E-state index in [0.717, 1.165) is 30.8 Å². The van der Waals surface area contributed by atoms with E-state index < -0.39 is 0 Å². The summed E-state index contributed by atoms with van der Waals surface area (Å²) < 4.78 is 5.53. The van der Waals surface area contributed by atoms with E-state index in [1.165, 1.54) is 0 Å². The Bertz CT molecular complexity index is 407. The number of carbonyl (C=O) groups excluding carboxylic acids is 1. The van der Waals surface area contributed by atoms with Crippen molar-refractivity contribution in [2.45, 2.75) is 31.6 Å². The topological polar surface area (TPSA) is 69.1 Å². The van der Waals surface area contributed by atoms with E-state index in [4.69, 9.17) is 10.2 Å². The third kappa shape index (κ3) is 1.49. The number of ketones is 1. The molecule has 2 N–H and O–H groups in total. The Kier molecular flexibility index (Phi) is 1.92. The third-order valence-corrected chi connectivity index (χ3v) is 3.18. The van der Waals surface area contributed by atoms with E-state index in [1.54, 1.807) is 0 Å². The molecule has 1 atom stereocenters. The summed E-state index contributed by atoms with van der Waals surface area (Å²) in [6, 6.07) is 0. The molecule has 2 aliphatic carbocycles. The summed E-state index contributed by atoms with van der Waals surface area (Å²) in [4.78, 5) is 16.1. The molecule has 4 heteroatoms. The standard InChI is InChI=1S/C11H14N2O2/c12-5-6-3-8-10(9(14)4-6)15-11(13-8)7-1-2-7/h6-7H,1-5,12H2. The summed E-state index contributed by atoms with van der Waals surface area (Å²) in [6.45, 7) is 0.552. The third-order valence-electron chi connectivity index (χ3n) is 3.18. The molecule has 0 radical (unpaired) electrons. The Morgan fingerprint density at radius 1 is 1.40 bits per heavy atom. The van der Waals surface area contributed by atoms with Crippen LogP contribution in [0.3, 0.4) is 0 Å². The van der Waals surface area contributed by atoms with Gasteiger partial charge in [-0.05, 0) is 31.7 Å². The molecule has 0 amide bonds. The minimum absolute atomic E-state index is 0.0751. The molecule has 0 saturated heterocycles. The number of nitrogens with two attached hydrogens (primary N) is 1. The van der Waals surface area contributed by atoms with Crippen LogP contribution in [-0.4, -0.2) is 17.3 Å². The van der Waals surface area contributed by atoms with Gasteiger partial charge in [-0.3, -0.25) is 4.79 Å². The normalized spacial score (nSPS) is 25.4. The second-order valence-corrected chi connectivity index (χ2v) is 4.54. The van der Waals surface area contributed by atoms with Gasteiger partial charge in [0.05, 0.1) is 5.69 Å². The molecule has 80 valence electrons. The van der Waals surface area contributed by atoms with Crippen LogP contribution < -0.4 is 5.73 Å². The van der Waals surface area contributed by atoms with Gasteiger partial charge in [0.15, 0.2) is 17.4 Å². The molecular formula is C11H14N2O2. The van der Waals surface area contributed by atoms with Gasteiger partial charge in [0.1, 0.15) is 0 Å². The van der Waals surface area contributed by atoms with Crippen LogP contribution >= 0.6 is 0 Å². The molecule has 0 aliphatic heterocycles. The highest BCUT2D eigenvalue weighted by Gasteiger charge is 2.34. The lowest BCUT2D eigenvalue weighted by atomic mass is 9.90. The first-order valence-electron chi connectivity index (χ1n) is 5.50. The molecule has 1 saturated carbocycles. The Labute approximate surface area is 87.9 Å². The smallest absolute Gasteiger partial charge is 0.200 e. The van der Waals surface area contributed by atoms with Gasteiger partial charge in [-0.1, -0.05) is 0 Å². The molecule has 0 aromatic carbocycles. The number of aromatic nitrogens is 1. The van der Waals surface area contributed by atoms with Crippen molar-refractivity contribution in [1.29, 1.82) is 0 Å². The van der Waals surface area contributed by atoms with Gasteiger partial charge in [-0.25, -0.2) is 4.98 Å². The molecule has 1 aromatic rings. The predicted octanol–water partition coefficient (Wildman–Crippen LogP) is 1.26. The number of Topliss-reactive ketones (excluding diaryl/α,β-unsaturated/α-hetero) is 1. The minimum atomic E-state index is 0.0751. The molecule has 15 heavy (non-hydrogen) atoms. The van der Waals surface area contributed by atoms with Gasteiger partial charge in [0.25, 0.3) is 0 Å². The van der Waals surface area contributed by atoms with Crippen LogP contribution in [0.5, 0.6) is 0 Å². The number of rotatable bonds is 2. The average Bonchev–Trinajstić information content (AvgIpc) is 2.98. The maximum atomic E-state index is 11.7. The fourth-order valence-electron chi connectivity index (χ4n) is 2.10. The van der Waals surface area contributed by atoms with Gasteiger partial charge in [-0.2, -0.15) is 0 Å². The van der Waals surface area contributed by atoms with Crippen molar-refractivity contribution < 1.29 is 9.21 Å². The number of hydrogen-bond donors (Lipinski definition) is 1. The zero-order chi connectivity index (χ0) is 10.4. The van der Waals surface area contributed by atoms with E-state index in [1.807, 2.05) is 0 Å². The highest BCUT2D eigenvalue weighted by Crippen LogP contribution is 2.41. The molecule has 1 aromatic heterocycles. The van der Waals surface area contributed by atoms with Crippen molar-refractivity contribution in [2.75, 3.05) is 6.54 Å². The number of fused-ring (bicyclic) bond motifs is 1. The highest BCUT2D eigenvalue weighted by atomic mass is 16.4. The molecule has 4 nitrogen and oxygen atoms in total. The van der Waals surface area contributed by atoms with Crippen LogP contribution in [0.2, 0.25) is 0 Å². The predicted molar refractivity (Wildman–Crippen MR) is 53.7 cm³/mol. The Hall–Kier alpha value is -1.16. The Morgan fingerprint density at radius 3 is 2.87 bits per heavy atom. The first-order valence-corrected chi connectivity index (χ1v) is 5.50. The summed E-state index contributed by atoms with van der Waals surface area (Å²) in [5, 5.41) is 0. The largest absolute Gasteiger partial charge is 0.437 e. The quantitative estimate of drug-likeness (QED) is 0.790. The Morgan fingerprint density at radius 2 is 2.20 bits per heavy atom. The fraction of sp³-hybridized carbons (Fsp3) is 0.636. The number of nitrogens with zero attached hydrogens (tertiary/aromatic N) is 1. The van der Waals surface area contributed by atoms with E-state index in [9.17, 15) is 4.79 Å².